The third-order valence-electron chi connectivity index (χ3n) is 5.99. The molecule has 0 saturated carbocycles. The van der Waals surface area contributed by atoms with E-state index in [4.69, 9.17) is 5.73 Å². The zero-order valence-electron chi connectivity index (χ0n) is 19.2. The first-order chi connectivity index (χ1) is 16.9. The van der Waals surface area contributed by atoms with Gasteiger partial charge in [0.25, 0.3) is 5.91 Å². The molecule has 2 aromatic carbocycles. The summed E-state index contributed by atoms with van der Waals surface area (Å²) >= 11 is 0. The Balaban J connectivity index is 1.96. The number of nitrogens with zero attached hydrogens (tertiary/aromatic N) is 3. The van der Waals surface area contributed by atoms with Crippen molar-refractivity contribution in [2.24, 2.45) is 10.7 Å². The molecule has 4 rings (SSSR count). The van der Waals surface area contributed by atoms with E-state index < -0.39 is 41.6 Å². The number of nitrogens with two attached hydrogens (primary N) is 1. The molecule has 188 valence electrons. The van der Waals surface area contributed by atoms with Gasteiger partial charge in [-0.25, -0.2) is 13.8 Å². The van der Waals surface area contributed by atoms with Gasteiger partial charge in [0.2, 0.25) is 0 Å². The van der Waals surface area contributed by atoms with Crippen LogP contribution in [0.5, 0.6) is 0 Å². The van der Waals surface area contributed by atoms with Crippen LogP contribution < -0.4 is 5.73 Å². The normalized spacial score (nSPS) is 18.0. The summed E-state index contributed by atoms with van der Waals surface area (Å²) in [5.41, 5.74) is 4.50. The summed E-state index contributed by atoms with van der Waals surface area (Å²) in [6, 6.07) is 10.2. The Morgan fingerprint density at radius 1 is 1.03 bits per heavy atom. The molecule has 1 amide bonds. The molecule has 1 unspecified atom stereocenters. The van der Waals surface area contributed by atoms with Gasteiger partial charge >= 0.3 is 6.18 Å². The Morgan fingerprint density at radius 3 is 2.25 bits per heavy atom. The number of hydrogen-bond donors (Lipinski definition) is 1. The molecule has 1 aliphatic heterocycles. The standard InChI is InChI=1S/C25H21F5N4O2/c1-3-21(35)20-10-17(12-34(20)13-24(28,29)30)25(22(36)33(2)23(31)32-25)16-6-4-5-14(7-16)15-8-18(26)11-19(27)9-15/h4-12H,3,13H2,1-2H3,(H2,31,32). The average molecular weight is 504 g/mol. The fraction of sp³-hybridized carbons (Fsp3) is 0.240. The SMILES string of the molecule is CCC(=O)c1cc(C2(c3cccc(-c4cc(F)cc(F)c4)c3)N=C(N)N(C)C2=O)cn1CC(F)(F)F. The van der Waals surface area contributed by atoms with E-state index in [2.05, 4.69) is 4.99 Å². The van der Waals surface area contributed by atoms with Crippen molar-refractivity contribution in [2.45, 2.75) is 31.6 Å². The van der Waals surface area contributed by atoms with Gasteiger partial charge < -0.3 is 10.3 Å². The van der Waals surface area contributed by atoms with Crippen molar-refractivity contribution in [3.8, 4) is 11.1 Å². The van der Waals surface area contributed by atoms with Crippen molar-refractivity contribution in [1.82, 2.24) is 9.47 Å². The lowest BCUT2D eigenvalue weighted by Crippen LogP contribution is -2.41. The zero-order chi connectivity index (χ0) is 26.4. The van der Waals surface area contributed by atoms with Crippen LogP contribution in [-0.4, -0.2) is 40.3 Å². The van der Waals surface area contributed by atoms with Crippen LogP contribution in [0, 0.1) is 11.6 Å². The van der Waals surface area contributed by atoms with E-state index in [1.807, 2.05) is 0 Å². The van der Waals surface area contributed by atoms with Crippen LogP contribution in [0.2, 0.25) is 0 Å². The number of hydrogen-bond acceptors (Lipinski definition) is 4. The summed E-state index contributed by atoms with van der Waals surface area (Å²) in [5.74, 6) is -3.02. The van der Waals surface area contributed by atoms with Gasteiger partial charge in [-0.15, -0.1) is 0 Å². The summed E-state index contributed by atoms with van der Waals surface area (Å²) in [6.07, 6.45) is -3.63. The molecule has 0 fully saturated rings. The van der Waals surface area contributed by atoms with Crippen molar-refractivity contribution in [3.63, 3.8) is 0 Å². The fourth-order valence-corrected chi connectivity index (χ4v) is 4.28. The second-order valence-corrected chi connectivity index (χ2v) is 8.42. The molecular weight excluding hydrogens is 483 g/mol. The fourth-order valence-electron chi connectivity index (χ4n) is 4.28. The molecule has 3 aromatic rings. The van der Waals surface area contributed by atoms with E-state index in [1.165, 1.54) is 38.2 Å². The second kappa shape index (κ2) is 8.89. The minimum atomic E-state index is -4.63. The molecule has 0 radical (unpaired) electrons. The minimum absolute atomic E-state index is 0.00317. The maximum Gasteiger partial charge on any atom is 0.406 e. The van der Waals surface area contributed by atoms with E-state index in [1.54, 1.807) is 6.07 Å². The summed E-state index contributed by atoms with van der Waals surface area (Å²) < 4.78 is 68.3. The number of aliphatic imine (C=N–C) groups is 1. The van der Waals surface area contributed by atoms with Gasteiger partial charge in [0, 0.05) is 31.3 Å². The van der Waals surface area contributed by atoms with Crippen LogP contribution >= 0.6 is 0 Å². The lowest BCUT2D eigenvalue weighted by atomic mass is 9.82. The first-order valence-corrected chi connectivity index (χ1v) is 10.9. The van der Waals surface area contributed by atoms with Crippen LogP contribution in [0.15, 0.2) is 59.7 Å². The van der Waals surface area contributed by atoms with E-state index in [-0.39, 0.29) is 34.8 Å². The number of rotatable bonds is 6. The Morgan fingerprint density at radius 2 is 1.69 bits per heavy atom. The quantitative estimate of drug-likeness (QED) is 0.393. The van der Waals surface area contributed by atoms with Crippen molar-refractivity contribution in [2.75, 3.05) is 7.05 Å². The summed E-state index contributed by atoms with van der Waals surface area (Å²) in [5, 5.41) is 0. The molecule has 36 heavy (non-hydrogen) atoms. The van der Waals surface area contributed by atoms with Gasteiger partial charge in [0.15, 0.2) is 17.3 Å². The van der Waals surface area contributed by atoms with Crippen molar-refractivity contribution in [3.05, 3.63) is 83.2 Å². The van der Waals surface area contributed by atoms with Crippen LogP contribution in [-0.2, 0) is 16.9 Å². The molecule has 1 atom stereocenters. The second-order valence-electron chi connectivity index (χ2n) is 8.42. The van der Waals surface area contributed by atoms with E-state index in [0.717, 1.165) is 27.8 Å². The highest BCUT2D eigenvalue weighted by Crippen LogP contribution is 2.42. The molecule has 0 bridgehead atoms. The molecule has 0 spiro atoms. The smallest absolute Gasteiger partial charge is 0.369 e. The predicted molar refractivity (Wildman–Crippen MR) is 122 cm³/mol. The van der Waals surface area contributed by atoms with Gasteiger partial charge in [-0.3, -0.25) is 14.5 Å². The van der Waals surface area contributed by atoms with Gasteiger partial charge in [0.1, 0.15) is 18.2 Å². The number of benzene rings is 2. The molecule has 0 aliphatic carbocycles. The summed E-state index contributed by atoms with van der Waals surface area (Å²) in [4.78, 5) is 31.4. The Kier molecular flexibility index (Phi) is 6.19. The Hall–Kier alpha value is -4.02. The molecule has 0 saturated heterocycles. The molecule has 1 aromatic heterocycles. The number of halogens is 5. The molecular formula is C25H21F5N4O2. The van der Waals surface area contributed by atoms with E-state index in [0.29, 0.717) is 11.6 Å². The molecule has 11 heteroatoms. The number of amides is 1. The Bertz CT molecular complexity index is 1380. The number of likely N-dealkylation sites (N-methyl/N-ethyl adjacent to an activating group) is 1. The molecule has 2 heterocycles. The van der Waals surface area contributed by atoms with Crippen LogP contribution in [0.1, 0.15) is 35.0 Å². The number of aromatic nitrogens is 1. The molecule has 1 aliphatic rings. The molecule has 6 nitrogen and oxygen atoms in total. The number of alkyl halides is 3. The lowest BCUT2D eigenvalue weighted by molar-refractivity contribution is -0.140. The number of Topliss-reactive ketones (excluding diaryl/α,β-unsaturated/α-hetero) is 1. The third kappa shape index (κ3) is 4.36. The number of carbonyl (C=O) groups is 2. The lowest BCUT2D eigenvalue weighted by Gasteiger charge is -2.25. The maximum absolute atomic E-state index is 13.8. The summed E-state index contributed by atoms with van der Waals surface area (Å²) in [7, 11) is 1.36. The minimum Gasteiger partial charge on any atom is -0.369 e. The maximum atomic E-state index is 13.8. The van der Waals surface area contributed by atoms with Crippen molar-refractivity contribution in [1.29, 1.82) is 0 Å². The largest absolute Gasteiger partial charge is 0.406 e. The van der Waals surface area contributed by atoms with Gasteiger partial charge in [0.05, 0.1) is 5.69 Å². The monoisotopic (exact) mass is 504 g/mol. The predicted octanol–water partition coefficient (Wildman–Crippen LogP) is 4.62. The van der Waals surface area contributed by atoms with Crippen LogP contribution in [0.25, 0.3) is 11.1 Å². The van der Waals surface area contributed by atoms with E-state index >= 15 is 0 Å². The van der Waals surface area contributed by atoms with Crippen molar-refractivity contribution >= 4 is 17.6 Å². The zero-order valence-corrected chi connectivity index (χ0v) is 19.2. The topological polar surface area (TPSA) is 80.7 Å². The van der Waals surface area contributed by atoms with Gasteiger partial charge in [-0.05, 0) is 41.0 Å². The molecule has 2 N–H and O–H groups in total. The van der Waals surface area contributed by atoms with Gasteiger partial charge in [-0.1, -0.05) is 25.1 Å². The summed E-state index contributed by atoms with van der Waals surface area (Å²) in [6.45, 7) is 0.0604. The first kappa shape index (κ1) is 25.1. The number of carbonyl (C=O) groups excluding carboxylic acids is 2. The first-order valence-electron chi connectivity index (χ1n) is 10.9. The highest BCUT2D eigenvalue weighted by Gasteiger charge is 2.50. The van der Waals surface area contributed by atoms with Crippen molar-refractivity contribution < 1.29 is 31.5 Å². The van der Waals surface area contributed by atoms with E-state index in [9.17, 15) is 31.5 Å². The average Bonchev–Trinajstić information content (AvgIpc) is 3.31. The number of ketones is 1. The highest BCUT2D eigenvalue weighted by molar-refractivity contribution is 6.09. The Labute approximate surface area is 202 Å². The van der Waals surface area contributed by atoms with Crippen LogP contribution in [0.3, 0.4) is 0 Å². The van der Waals surface area contributed by atoms with Gasteiger partial charge in [-0.2, -0.15) is 13.2 Å². The number of guanidine groups is 1. The third-order valence-corrected chi connectivity index (χ3v) is 5.99. The highest BCUT2D eigenvalue weighted by atomic mass is 19.4. The van der Waals surface area contributed by atoms with Crippen LogP contribution in [0.4, 0.5) is 22.0 Å².